The smallest absolute Gasteiger partial charge is 0.274 e. The first-order valence-corrected chi connectivity index (χ1v) is 7.65. The number of anilines is 1. The first-order valence-electron chi connectivity index (χ1n) is 7.65. The fraction of sp³-hybridized carbons (Fsp3) is 0.176. The Balaban J connectivity index is 1.79. The molecule has 2 N–H and O–H groups in total. The van der Waals surface area contributed by atoms with Gasteiger partial charge in [0, 0.05) is 19.7 Å². The van der Waals surface area contributed by atoms with E-state index in [4.69, 9.17) is 0 Å². The Morgan fingerprint density at radius 1 is 1.04 bits per heavy atom. The summed E-state index contributed by atoms with van der Waals surface area (Å²) in [7, 11) is 1.58. The number of amides is 1. The molecule has 8 nitrogen and oxygen atoms in total. The van der Waals surface area contributed by atoms with Crippen molar-refractivity contribution in [1.82, 2.24) is 14.3 Å². The van der Waals surface area contributed by atoms with E-state index in [1.54, 1.807) is 43.6 Å². The average molecular weight is 340 g/mol. The molecule has 0 radical (unpaired) electrons. The van der Waals surface area contributed by atoms with Crippen molar-refractivity contribution in [2.45, 2.75) is 13.0 Å². The molecule has 3 rings (SSSR count). The Labute approximate surface area is 141 Å². The third-order valence-corrected chi connectivity index (χ3v) is 3.84. The van der Waals surface area contributed by atoms with Crippen molar-refractivity contribution in [2.75, 3.05) is 5.32 Å². The maximum Gasteiger partial charge on any atom is 0.274 e. The Morgan fingerprint density at radius 3 is 2.52 bits per heavy atom. The van der Waals surface area contributed by atoms with Crippen molar-refractivity contribution >= 4 is 22.4 Å². The fourth-order valence-electron chi connectivity index (χ4n) is 2.52. The van der Waals surface area contributed by atoms with Crippen LogP contribution in [-0.4, -0.2) is 20.3 Å². The van der Waals surface area contributed by atoms with Crippen molar-refractivity contribution in [1.29, 1.82) is 0 Å². The molecule has 128 valence electrons. The largest absolute Gasteiger partial charge is 0.321 e. The monoisotopic (exact) mass is 340 g/mol. The molecule has 2 heterocycles. The van der Waals surface area contributed by atoms with Crippen LogP contribution >= 0.6 is 0 Å². The van der Waals surface area contributed by atoms with Crippen LogP contribution in [0.5, 0.6) is 0 Å². The number of carbonyl (C=O) groups is 1. The van der Waals surface area contributed by atoms with E-state index in [1.165, 1.54) is 10.6 Å². The lowest BCUT2D eigenvalue weighted by atomic mass is 10.2. The highest BCUT2D eigenvalue weighted by molar-refractivity contribution is 5.90. The number of nitrogens with zero attached hydrogens (tertiary/aromatic N) is 2. The van der Waals surface area contributed by atoms with E-state index in [0.29, 0.717) is 10.8 Å². The van der Waals surface area contributed by atoms with Crippen LogP contribution in [0, 0.1) is 0 Å². The standard InChI is InChI=1S/C17H16N4O4/c1-20-9-4-7-13(17(20)25)18-14(22)8-10-21-16(24)12-6-3-2-5-11(12)15(23)19-21/h2-7,9H,8,10H2,1H3,(H,18,22)(H,19,23). The van der Waals surface area contributed by atoms with Gasteiger partial charge in [0.15, 0.2) is 0 Å². The van der Waals surface area contributed by atoms with Gasteiger partial charge in [-0.1, -0.05) is 12.1 Å². The molecule has 8 heteroatoms. The van der Waals surface area contributed by atoms with E-state index in [2.05, 4.69) is 10.4 Å². The normalized spacial score (nSPS) is 10.8. The number of rotatable bonds is 4. The number of benzene rings is 1. The van der Waals surface area contributed by atoms with Crippen LogP contribution in [0.2, 0.25) is 0 Å². The van der Waals surface area contributed by atoms with Gasteiger partial charge < -0.3 is 9.88 Å². The average Bonchev–Trinajstić information content (AvgIpc) is 2.61. The Kier molecular flexibility index (Phi) is 4.34. The summed E-state index contributed by atoms with van der Waals surface area (Å²) in [5, 5.41) is 5.58. The Hall–Kier alpha value is -3.42. The molecule has 1 amide bonds. The van der Waals surface area contributed by atoms with Crippen LogP contribution in [0.15, 0.2) is 57.0 Å². The second kappa shape index (κ2) is 6.60. The lowest BCUT2D eigenvalue weighted by Crippen LogP contribution is -2.31. The summed E-state index contributed by atoms with van der Waals surface area (Å²) in [6.07, 6.45) is 1.52. The maximum absolute atomic E-state index is 12.4. The molecule has 1 aromatic carbocycles. The molecule has 0 saturated carbocycles. The zero-order valence-corrected chi connectivity index (χ0v) is 13.5. The number of nitrogens with one attached hydrogen (secondary N) is 2. The lowest BCUT2D eigenvalue weighted by molar-refractivity contribution is -0.116. The van der Waals surface area contributed by atoms with Crippen molar-refractivity contribution in [3.05, 3.63) is 73.7 Å². The molecule has 0 aliphatic carbocycles. The number of fused-ring (bicyclic) bond motifs is 1. The SMILES string of the molecule is Cn1cccc(NC(=O)CCn2[nH]c(=O)c3ccccc3c2=O)c1=O. The van der Waals surface area contributed by atoms with Crippen molar-refractivity contribution in [3.8, 4) is 0 Å². The first kappa shape index (κ1) is 16.4. The molecule has 0 fully saturated rings. The summed E-state index contributed by atoms with van der Waals surface area (Å²) in [5.74, 6) is -0.427. The minimum absolute atomic E-state index is 0.00209. The highest BCUT2D eigenvalue weighted by atomic mass is 16.2. The number of hydrogen-bond acceptors (Lipinski definition) is 4. The predicted octanol–water partition coefficient (Wildman–Crippen LogP) is 0.417. The second-order valence-corrected chi connectivity index (χ2v) is 5.58. The van der Waals surface area contributed by atoms with Gasteiger partial charge in [0.2, 0.25) is 5.91 Å². The molecule has 25 heavy (non-hydrogen) atoms. The van der Waals surface area contributed by atoms with Gasteiger partial charge in [-0.05, 0) is 24.3 Å². The number of aromatic nitrogens is 3. The van der Waals surface area contributed by atoms with Gasteiger partial charge in [-0.15, -0.1) is 0 Å². The Bertz CT molecular complexity index is 1120. The zero-order chi connectivity index (χ0) is 18.0. The quantitative estimate of drug-likeness (QED) is 0.718. The minimum atomic E-state index is -0.427. The number of hydrogen-bond donors (Lipinski definition) is 2. The van der Waals surface area contributed by atoms with E-state index in [1.807, 2.05) is 0 Å². The highest BCUT2D eigenvalue weighted by Crippen LogP contribution is 2.03. The molecule has 0 unspecified atom stereocenters. The van der Waals surface area contributed by atoms with Crippen LogP contribution in [0.1, 0.15) is 6.42 Å². The molecule has 2 aromatic heterocycles. The van der Waals surface area contributed by atoms with Gasteiger partial charge in [0.25, 0.3) is 16.7 Å². The molecule has 0 saturated heterocycles. The number of H-pyrrole nitrogens is 1. The number of pyridine rings is 1. The summed E-state index contributed by atoms with van der Waals surface area (Å²) in [4.78, 5) is 48.3. The van der Waals surface area contributed by atoms with Crippen LogP contribution in [0.3, 0.4) is 0 Å². The summed E-state index contributed by atoms with van der Waals surface area (Å²) < 4.78 is 2.45. The van der Waals surface area contributed by atoms with E-state index in [0.717, 1.165) is 4.68 Å². The maximum atomic E-state index is 12.4. The lowest BCUT2D eigenvalue weighted by Gasteiger charge is -2.08. The van der Waals surface area contributed by atoms with Crippen LogP contribution in [-0.2, 0) is 18.4 Å². The van der Waals surface area contributed by atoms with Gasteiger partial charge >= 0.3 is 0 Å². The predicted molar refractivity (Wildman–Crippen MR) is 93.8 cm³/mol. The highest BCUT2D eigenvalue weighted by Gasteiger charge is 2.10. The molecule has 0 aliphatic rings. The van der Waals surface area contributed by atoms with Gasteiger partial charge in [-0.3, -0.25) is 24.3 Å². The third-order valence-electron chi connectivity index (χ3n) is 3.84. The first-order chi connectivity index (χ1) is 12.0. The summed E-state index contributed by atoms with van der Waals surface area (Å²) in [6.45, 7) is -0.00209. The van der Waals surface area contributed by atoms with E-state index < -0.39 is 11.5 Å². The summed E-state index contributed by atoms with van der Waals surface area (Å²) in [5.41, 5.74) is -0.937. The molecular formula is C17H16N4O4. The van der Waals surface area contributed by atoms with Crippen molar-refractivity contribution < 1.29 is 4.79 Å². The van der Waals surface area contributed by atoms with E-state index in [-0.39, 0.29) is 29.8 Å². The van der Waals surface area contributed by atoms with E-state index in [9.17, 15) is 19.2 Å². The van der Waals surface area contributed by atoms with Crippen LogP contribution in [0.25, 0.3) is 10.8 Å². The van der Waals surface area contributed by atoms with Crippen molar-refractivity contribution in [3.63, 3.8) is 0 Å². The molecule has 0 aliphatic heterocycles. The van der Waals surface area contributed by atoms with E-state index >= 15 is 0 Å². The Morgan fingerprint density at radius 2 is 1.76 bits per heavy atom. The molecule has 0 spiro atoms. The zero-order valence-electron chi connectivity index (χ0n) is 13.5. The topological polar surface area (TPSA) is 106 Å². The molecular weight excluding hydrogens is 324 g/mol. The molecule has 0 bridgehead atoms. The molecule has 3 aromatic rings. The summed E-state index contributed by atoms with van der Waals surface area (Å²) >= 11 is 0. The minimum Gasteiger partial charge on any atom is -0.321 e. The van der Waals surface area contributed by atoms with Crippen LogP contribution in [0.4, 0.5) is 5.69 Å². The van der Waals surface area contributed by atoms with Gasteiger partial charge in [0.1, 0.15) is 5.69 Å². The van der Waals surface area contributed by atoms with Gasteiger partial charge in [-0.2, -0.15) is 0 Å². The number of carbonyl (C=O) groups excluding carboxylic acids is 1. The number of aryl methyl sites for hydroxylation is 2. The van der Waals surface area contributed by atoms with Gasteiger partial charge in [-0.25, -0.2) is 4.68 Å². The van der Waals surface area contributed by atoms with Crippen molar-refractivity contribution in [2.24, 2.45) is 7.05 Å². The fourth-order valence-corrected chi connectivity index (χ4v) is 2.52. The van der Waals surface area contributed by atoms with Crippen LogP contribution < -0.4 is 22.0 Å². The third kappa shape index (κ3) is 3.27. The second-order valence-electron chi connectivity index (χ2n) is 5.58. The molecule has 0 atom stereocenters. The van der Waals surface area contributed by atoms with Gasteiger partial charge in [0.05, 0.1) is 17.3 Å². The summed E-state index contributed by atoms with van der Waals surface area (Å²) in [6, 6.07) is 9.63. The number of aromatic amines is 1.